The van der Waals surface area contributed by atoms with Gasteiger partial charge in [0.25, 0.3) is 5.91 Å². The molecule has 0 aromatic heterocycles. The maximum atomic E-state index is 12.5. The lowest BCUT2D eigenvalue weighted by Gasteiger charge is -2.36. The Labute approximate surface area is 161 Å². The van der Waals surface area contributed by atoms with Gasteiger partial charge in [-0.15, -0.1) is 0 Å². The number of anilines is 1. The number of amides is 4. The van der Waals surface area contributed by atoms with E-state index in [0.29, 0.717) is 36.2 Å². The van der Waals surface area contributed by atoms with E-state index in [0.717, 1.165) is 5.69 Å². The summed E-state index contributed by atoms with van der Waals surface area (Å²) in [4.78, 5) is 39.5. The Bertz CT molecular complexity index is 750. The number of carbonyl (C=O) groups excluding carboxylic acids is 3. The lowest BCUT2D eigenvalue weighted by molar-refractivity contribution is -0.132. The van der Waals surface area contributed by atoms with Crippen LogP contribution >= 0.6 is 23.2 Å². The van der Waals surface area contributed by atoms with Crippen molar-refractivity contribution >= 4 is 46.7 Å². The van der Waals surface area contributed by atoms with Gasteiger partial charge in [0.2, 0.25) is 5.91 Å². The molecule has 2 N–H and O–H groups in total. The van der Waals surface area contributed by atoms with Gasteiger partial charge >= 0.3 is 6.03 Å². The Morgan fingerprint density at radius 3 is 2.42 bits per heavy atom. The summed E-state index contributed by atoms with van der Waals surface area (Å²) in [6, 6.07) is 4.98. The summed E-state index contributed by atoms with van der Waals surface area (Å²) >= 11 is 12.0. The summed E-state index contributed by atoms with van der Waals surface area (Å²) in [5, 5.41) is 5.80. The number of piperazine rings is 1. The Hall–Kier alpha value is -1.99. The van der Waals surface area contributed by atoms with Crippen molar-refractivity contribution in [1.29, 1.82) is 0 Å². The van der Waals surface area contributed by atoms with E-state index in [-0.39, 0.29) is 24.7 Å². The highest BCUT2D eigenvalue weighted by atomic mass is 35.5. The number of benzene rings is 1. The van der Waals surface area contributed by atoms with E-state index >= 15 is 0 Å². The van der Waals surface area contributed by atoms with Gasteiger partial charge < -0.3 is 15.1 Å². The second kappa shape index (κ2) is 7.32. The molecule has 1 atom stereocenters. The molecule has 9 heteroatoms. The van der Waals surface area contributed by atoms with E-state index < -0.39 is 11.6 Å². The number of halogens is 2. The number of hydrogen-bond acceptors (Lipinski definition) is 4. The molecule has 4 amide bonds. The molecule has 0 spiro atoms. The van der Waals surface area contributed by atoms with Crippen LogP contribution in [0.3, 0.4) is 0 Å². The third-order valence-electron chi connectivity index (χ3n) is 4.86. The van der Waals surface area contributed by atoms with Crippen molar-refractivity contribution in [3.05, 3.63) is 28.2 Å². The Balaban J connectivity index is 1.51. The fourth-order valence-electron chi connectivity index (χ4n) is 3.17. The van der Waals surface area contributed by atoms with Gasteiger partial charge in [-0.2, -0.15) is 0 Å². The van der Waals surface area contributed by atoms with Crippen molar-refractivity contribution in [3.8, 4) is 0 Å². The highest BCUT2D eigenvalue weighted by Crippen LogP contribution is 2.28. The van der Waals surface area contributed by atoms with Crippen LogP contribution in [0.25, 0.3) is 0 Å². The largest absolute Gasteiger partial charge is 0.368 e. The predicted octanol–water partition coefficient (Wildman–Crippen LogP) is 2.02. The molecule has 2 fully saturated rings. The first-order chi connectivity index (χ1) is 12.3. The van der Waals surface area contributed by atoms with Crippen molar-refractivity contribution in [2.45, 2.75) is 25.3 Å². The van der Waals surface area contributed by atoms with Gasteiger partial charge in [-0.25, -0.2) is 4.79 Å². The van der Waals surface area contributed by atoms with Crippen molar-refractivity contribution < 1.29 is 14.4 Å². The van der Waals surface area contributed by atoms with E-state index in [4.69, 9.17) is 23.2 Å². The van der Waals surface area contributed by atoms with Crippen LogP contribution in [0, 0.1) is 0 Å². The van der Waals surface area contributed by atoms with Gasteiger partial charge in [-0.3, -0.25) is 14.9 Å². The molecule has 2 aliphatic rings. The molecular weight excluding hydrogens is 379 g/mol. The summed E-state index contributed by atoms with van der Waals surface area (Å²) < 4.78 is 0. The van der Waals surface area contributed by atoms with Crippen LogP contribution in [0.15, 0.2) is 18.2 Å². The third-order valence-corrected chi connectivity index (χ3v) is 5.60. The first-order valence-corrected chi connectivity index (χ1v) is 9.15. The van der Waals surface area contributed by atoms with E-state index in [1.807, 2.05) is 12.1 Å². The highest BCUT2D eigenvalue weighted by molar-refractivity contribution is 6.42. The smallest absolute Gasteiger partial charge is 0.322 e. The van der Waals surface area contributed by atoms with E-state index in [1.54, 1.807) is 17.9 Å². The average Bonchev–Trinajstić information content (AvgIpc) is 2.87. The zero-order chi connectivity index (χ0) is 18.9. The molecular formula is C17H20Cl2N4O3. The molecule has 0 saturated carbocycles. The minimum Gasteiger partial charge on any atom is -0.368 e. The summed E-state index contributed by atoms with van der Waals surface area (Å²) in [5.74, 6) is -0.409. The van der Waals surface area contributed by atoms with Crippen molar-refractivity contribution in [2.24, 2.45) is 0 Å². The van der Waals surface area contributed by atoms with Crippen LogP contribution in [-0.4, -0.2) is 54.5 Å². The second-order valence-corrected chi connectivity index (χ2v) is 7.52. The standard InChI is InChI=1S/C17H20Cl2N4O3/c1-17(15(25)20-16(26)21-17)5-4-14(24)23-8-6-22(7-9-23)11-2-3-12(18)13(19)10-11/h2-3,10H,4-9H2,1H3,(H2,20,21,25,26). The van der Waals surface area contributed by atoms with Crippen LogP contribution in [0.5, 0.6) is 0 Å². The molecule has 2 saturated heterocycles. The molecule has 0 bridgehead atoms. The molecule has 3 rings (SSSR count). The van der Waals surface area contributed by atoms with Crippen LogP contribution in [0.4, 0.5) is 10.5 Å². The SMILES string of the molecule is CC1(CCC(=O)N2CCN(c3ccc(Cl)c(Cl)c3)CC2)NC(=O)NC1=O. The summed E-state index contributed by atoms with van der Waals surface area (Å²) in [7, 11) is 0. The Kier molecular flexibility index (Phi) is 5.29. The monoisotopic (exact) mass is 398 g/mol. The number of carbonyl (C=O) groups is 3. The molecule has 2 aliphatic heterocycles. The second-order valence-electron chi connectivity index (χ2n) is 6.71. The summed E-state index contributed by atoms with van der Waals surface area (Å²) in [6.45, 7) is 4.20. The molecule has 1 unspecified atom stereocenters. The van der Waals surface area contributed by atoms with Gasteiger partial charge in [0.15, 0.2) is 0 Å². The fraction of sp³-hybridized carbons (Fsp3) is 0.471. The van der Waals surface area contributed by atoms with Crippen LogP contribution in [0.2, 0.25) is 10.0 Å². The molecule has 0 radical (unpaired) electrons. The van der Waals surface area contributed by atoms with Crippen LogP contribution in [0.1, 0.15) is 19.8 Å². The van der Waals surface area contributed by atoms with Gasteiger partial charge in [-0.05, 0) is 31.5 Å². The zero-order valence-corrected chi connectivity index (χ0v) is 15.9. The maximum absolute atomic E-state index is 12.5. The first kappa shape index (κ1) is 18.8. The third kappa shape index (κ3) is 3.88. The number of imide groups is 1. The number of rotatable bonds is 4. The molecule has 2 heterocycles. The maximum Gasteiger partial charge on any atom is 0.322 e. The molecule has 1 aromatic carbocycles. The van der Waals surface area contributed by atoms with Gasteiger partial charge in [-0.1, -0.05) is 23.2 Å². The highest BCUT2D eigenvalue weighted by Gasteiger charge is 2.42. The Morgan fingerprint density at radius 1 is 1.15 bits per heavy atom. The summed E-state index contributed by atoms with van der Waals surface area (Å²) in [6.07, 6.45) is 0.480. The minimum absolute atomic E-state index is 0.0195. The van der Waals surface area contributed by atoms with Crippen molar-refractivity contribution in [2.75, 3.05) is 31.1 Å². The zero-order valence-electron chi connectivity index (χ0n) is 14.3. The summed E-state index contributed by atoms with van der Waals surface area (Å²) in [5.41, 5.74) is -0.0430. The quantitative estimate of drug-likeness (QED) is 0.760. The average molecular weight is 399 g/mol. The number of urea groups is 1. The number of hydrogen-bond donors (Lipinski definition) is 2. The van der Waals surface area contributed by atoms with E-state index in [9.17, 15) is 14.4 Å². The van der Waals surface area contributed by atoms with Gasteiger partial charge in [0.05, 0.1) is 10.0 Å². The van der Waals surface area contributed by atoms with Gasteiger partial charge in [0, 0.05) is 38.3 Å². The van der Waals surface area contributed by atoms with Gasteiger partial charge in [0.1, 0.15) is 5.54 Å². The number of nitrogens with one attached hydrogen (secondary N) is 2. The van der Waals surface area contributed by atoms with Crippen LogP contribution < -0.4 is 15.5 Å². The lowest BCUT2D eigenvalue weighted by atomic mass is 9.96. The molecule has 1 aromatic rings. The molecule has 140 valence electrons. The van der Waals surface area contributed by atoms with Crippen molar-refractivity contribution in [1.82, 2.24) is 15.5 Å². The number of nitrogens with zero attached hydrogens (tertiary/aromatic N) is 2. The van der Waals surface area contributed by atoms with Crippen molar-refractivity contribution in [3.63, 3.8) is 0 Å². The Morgan fingerprint density at radius 2 is 1.85 bits per heavy atom. The molecule has 0 aliphatic carbocycles. The molecule has 7 nitrogen and oxygen atoms in total. The predicted molar refractivity (Wildman–Crippen MR) is 99.6 cm³/mol. The minimum atomic E-state index is -1.02. The van der Waals surface area contributed by atoms with Crippen LogP contribution in [-0.2, 0) is 9.59 Å². The van der Waals surface area contributed by atoms with E-state index in [1.165, 1.54) is 0 Å². The van der Waals surface area contributed by atoms with E-state index in [2.05, 4.69) is 15.5 Å². The molecule has 26 heavy (non-hydrogen) atoms. The topological polar surface area (TPSA) is 81.8 Å². The first-order valence-electron chi connectivity index (χ1n) is 8.40. The lowest BCUT2D eigenvalue weighted by Crippen LogP contribution is -2.50. The fourth-order valence-corrected chi connectivity index (χ4v) is 3.46. The normalized spacial score (nSPS) is 23.0.